The number of allylic oxidation sites excluding steroid dienone is 1. The minimum absolute atomic E-state index is 0.0906. The molecule has 1 aromatic rings. The number of para-hydroxylation sites is 1. The summed E-state index contributed by atoms with van der Waals surface area (Å²) in [7, 11) is 1.91. The Balaban J connectivity index is 2.86. The number of benzene rings is 1. The van der Waals surface area contributed by atoms with Gasteiger partial charge >= 0.3 is 0 Å². The van der Waals surface area contributed by atoms with Crippen LogP contribution >= 0.6 is 0 Å². The molecule has 0 radical (unpaired) electrons. The molecule has 0 aliphatic carbocycles. The van der Waals surface area contributed by atoms with Gasteiger partial charge in [0.05, 0.1) is 0 Å². The van der Waals surface area contributed by atoms with E-state index < -0.39 is 0 Å². The van der Waals surface area contributed by atoms with Gasteiger partial charge in [0.25, 0.3) is 0 Å². The average molecular weight is 231 g/mol. The molecule has 1 aromatic carbocycles. The lowest BCUT2D eigenvalue weighted by Crippen LogP contribution is -2.11. The Morgan fingerprint density at radius 1 is 1.35 bits per heavy atom. The Hall–Kier alpha value is -1.57. The fourth-order valence-electron chi connectivity index (χ4n) is 1.89. The number of hydrogen-bond acceptors (Lipinski definition) is 2. The molecule has 0 saturated heterocycles. The molecule has 92 valence electrons. The van der Waals surface area contributed by atoms with Gasteiger partial charge in [-0.2, -0.15) is 0 Å². The van der Waals surface area contributed by atoms with E-state index in [2.05, 4.69) is 37.4 Å². The molecule has 0 saturated carbocycles. The average Bonchev–Trinajstić information content (AvgIpc) is 2.25. The van der Waals surface area contributed by atoms with Gasteiger partial charge in [-0.25, -0.2) is 0 Å². The molecule has 0 atom stereocenters. The second-order valence-electron chi connectivity index (χ2n) is 5.04. The molecule has 1 rings (SSSR count). The van der Waals surface area contributed by atoms with Crippen LogP contribution in [0.1, 0.15) is 32.8 Å². The largest absolute Gasteiger partial charge is 0.388 e. The lowest BCUT2D eigenvalue weighted by molar-refractivity contribution is -0.118. The first-order chi connectivity index (χ1) is 7.94. The maximum absolute atomic E-state index is 11.1. The van der Waals surface area contributed by atoms with Gasteiger partial charge in [0.1, 0.15) is 5.78 Å². The van der Waals surface area contributed by atoms with E-state index in [1.54, 1.807) is 6.92 Å². The summed E-state index contributed by atoms with van der Waals surface area (Å²) < 4.78 is 0. The first-order valence-corrected chi connectivity index (χ1v) is 5.90. The molecule has 0 bridgehead atoms. The van der Waals surface area contributed by atoms with Crippen LogP contribution in [-0.4, -0.2) is 12.8 Å². The highest BCUT2D eigenvalue weighted by atomic mass is 16.1. The monoisotopic (exact) mass is 231 g/mol. The van der Waals surface area contributed by atoms with E-state index in [1.807, 2.05) is 25.2 Å². The minimum atomic E-state index is -0.0906. The second kappa shape index (κ2) is 5.67. The number of Topliss-reactive ketones (excluding diaryl/α,β-unsaturated/α-hetero) is 1. The number of ketones is 1. The van der Waals surface area contributed by atoms with Crippen LogP contribution in [0.15, 0.2) is 30.3 Å². The van der Waals surface area contributed by atoms with Crippen LogP contribution in [0.3, 0.4) is 0 Å². The van der Waals surface area contributed by atoms with Crippen molar-refractivity contribution in [2.24, 2.45) is 5.41 Å². The summed E-state index contributed by atoms with van der Waals surface area (Å²) in [5.74, 6) is 0.224. The Bertz CT molecular complexity index is 419. The molecule has 0 amide bonds. The van der Waals surface area contributed by atoms with Gasteiger partial charge in [-0.05, 0) is 24.0 Å². The fraction of sp³-hybridized carbons (Fsp3) is 0.400. The molecular formula is C15H21NO. The Kier molecular flexibility index (Phi) is 4.50. The van der Waals surface area contributed by atoms with E-state index in [4.69, 9.17) is 0 Å². The highest BCUT2D eigenvalue weighted by molar-refractivity contribution is 5.77. The minimum Gasteiger partial charge on any atom is -0.388 e. The zero-order valence-electron chi connectivity index (χ0n) is 11.1. The van der Waals surface area contributed by atoms with Gasteiger partial charge in [-0.3, -0.25) is 4.79 Å². The first-order valence-electron chi connectivity index (χ1n) is 5.90. The molecule has 2 nitrogen and oxygen atoms in total. The van der Waals surface area contributed by atoms with E-state index in [-0.39, 0.29) is 11.2 Å². The van der Waals surface area contributed by atoms with E-state index in [9.17, 15) is 4.79 Å². The number of carbonyl (C=O) groups is 1. The van der Waals surface area contributed by atoms with E-state index >= 15 is 0 Å². The third kappa shape index (κ3) is 4.43. The quantitative estimate of drug-likeness (QED) is 0.836. The SMILES string of the molecule is CNc1ccccc1/C=C/C(C)(C)CC(C)=O. The maximum Gasteiger partial charge on any atom is 0.130 e. The van der Waals surface area contributed by atoms with Crippen LogP contribution in [0.2, 0.25) is 0 Å². The number of nitrogens with one attached hydrogen (secondary N) is 1. The fourth-order valence-corrected chi connectivity index (χ4v) is 1.89. The van der Waals surface area contributed by atoms with Crippen molar-refractivity contribution < 1.29 is 4.79 Å². The standard InChI is InChI=1S/C15H21NO/c1-12(17)11-15(2,3)10-9-13-7-5-6-8-14(13)16-4/h5-10,16H,11H2,1-4H3/b10-9+. The van der Waals surface area contributed by atoms with Crippen LogP contribution in [0.25, 0.3) is 6.08 Å². The number of anilines is 1. The summed E-state index contributed by atoms with van der Waals surface area (Å²) in [4.78, 5) is 11.1. The summed E-state index contributed by atoms with van der Waals surface area (Å²) in [5, 5.41) is 3.15. The lowest BCUT2D eigenvalue weighted by Gasteiger charge is -2.18. The summed E-state index contributed by atoms with van der Waals surface area (Å²) in [6, 6.07) is 8.12. The van der Waals surface area contributed by atoms with Crippen LogP contribution < -0.4 is 5.32 Å². The van der Waals surface area contributed by atoms with Crippen molar-refractivity contribution in [1.82, 2.24) is 0 Å². The van der Waals surface area contributed by atoms with Crippen molar-refractivity contribution in [3.8, 4) is 0 Å². The van der Waals surface area contributed by atoms with Gasteiger partial charge in [0, 0.05) is 19.2 Å². The molecule has 1 N–H and O–H groups in total. The predicted molar refractivity (Wildman–Crippen MR) is 74.1 cm³/mol. The van der Waals surface area contributed by atoms with E-state index in [0.717, 1.165) is 11.3 Å². The van der Waals surface area contributed by atoms with Gasteiger partial charge < -0.3 is 5.32 Å². The van der Waals surface area contributed by atoms with Gasteiger partial charge in [-0.1, -0.05) is 44.2 Å². The van der Waals surface area contributed by atoms with Crippen molar-refractivity contribution in [2.45, 2.75) is 27.2 Å². The molecule has 0 unspecified atom stereocenters. The van der Waals surface area contributed by atoms with Gasteiger partial charge in [-0.15, -0.1) is 0 Å². The summed E-state index contributed by atoms with van der Waals surface area (Å²) in [5.41, 5.74) is 2.15. The van der Waals surface area contributed by atoms with Gasteiger partial charge in [0.15, 0.2) is 0 Å². The molecule has 0 heterocycles. The van der Waals surface area contributed by atoms with E-state index in [1.165, 1.54) is 0 Å². The van der Waals surface area contributed by atoms with Crippen molar-refractivity contribution in [1.29, 1.82) is 0 Å². The molecule has 0 aliphatic heterocycles. The van der Waals surface area contributed by atoms with Gasteiger partial charge in [0.2, 0.25) is 0 Å². The zero-order chi connectivity index (χ0) is 12.9. The maximum atomic E-state index is 11.1. The molecule has 17 heavy (non-hydrogen) atoms. The number of hydrogen-bond donors (Lipinski definition) is 1. The normalized spacial score (nSPS) is 11.8. The van der Waals surface area contributed by atoms with Crippen LogP contribution in [-0.2, 0) is 4.79 Å². The third-order valence-corrected chi connectivity index (χ3v) is 2.65. The molecule has 0 fully saturated rings. The summed E-state index contributed by atoms with van der Waals surface area (Å²) >= 11 is 0. The smallest absolute Gasteiger partial charge is 0.130 e. The highest BCUT2D eigenvalue weighted by Crippen LogP contribution is 2.25. The molecule has 0 aromatic heterocycles. The number of rotatable bonds is 5. The van der Waals surface area contributed by atoms with E-state index in [0.29, 0.717) is 6.42 Å². The van der Waals surface area contributed by atoms with Crippen molar-refractivity contribution >= 4 is 17.5 Å². The Labute approximate surface area is 104 Å². The molecule has 0 spiro atoms. The van der Waals surface area contributed by atoms with Crippen molar-refractivity contribution in [3.05, 3.63) is 35.9 Å². The van der Waals surface area contributed by atoms with Crippen LogP contribution in [0.5, 0.6) is 0 Å². The van der Waals surface area contributed by atoms with Crippen LogP contribution in [0.4, 0.5) is 5.69 Å². The van der Waals surface area contributed by atoms with Crippen molar-refractivity contribution in [3.63, 3.8) is 0 Å². The molecular weight excluding hydrogens is 210 g/mol. The van der Waals surface area contributed by atoms with Crippen LogP contribution in [0, 0.1) is 5.41 Å². The van der Waals surface area contributed by atoms with Crippen molar-refractivity contribution in [2.75, 3.05) is 12.4 Å². The number of carbonyl (C=O) groups excluding carboxylic acids is 1. The highest BCUT2D eigenvalue weighted by Gasteiger charge is 2.16. The summed E-state index contributed by atoms with van der Waals surface area (Å²) in [6.07, 6.45) is 4.75. The third-order valence-electron chi connectivity index (χ3n) is 2.65. The first kappa shape index (κ1) is 13.5. The topological polar surface area (TPSA) is 29.1 Å². The molecule has 2 heteroatoms. The molecule has 0 aliphatic rings. The summed E-state index contributed by atoms with van der Waals surface area (Å²) in [6.45, 7) is 5.79. The second-order valence-corrected chi connectivity index (χ2v) is 5.04. The zero-order valence-corrected chi connectivity index (χ0v) is 11.1. The Morgan fingerprint density at radius 2 is 2.00 bits per heavy atom. The lowest BCUT2D eigenvalue weighted by atomic mass is 9.86. The Morgan fingerprint density at radius 3 is 2.59 bits per heavy atom. The predicted octanol–water partition coefficient (Wildman–Crippen LogP) is 3.75.